The summed E-state index contributed by atoms with van der Waals surface area (Å²) >= 11 is 1.48. The Labute approximate surface area is 120 Å². The minimum absolute atomic E-state index is 0.245. The zero-order valence-corrected chi connectivity index (χ0v) is 12.3. The van der Waals surface area contributed by atoms with Crippen molar-refractivity contribution in [1.29, 1.82) is 0 Å². The number of carbonyl (C=O) groups excluding carboxylic acids is 1. The number of carbonyl (C=O) groups is 1. The maximum atomic E-state index is 12.1. The van der Waals surface area contributed by atoms with Crippen LogP contribution in [0.15, 0.2) is 24.5 Å². The van der Waals surface area contributed by atoms with E-state index in [1.807, 2.05) is 13.0 Å². The predicted molar refractivity (Wildman–Crippen MR) is 80.3 cm³/mol. The first kappa shape index (κ1) is 12.8. The van der Waals surface area contributed by atoms with Crippen molar-refractivity contribution < 1.29 is 4.79 Å². The fourth-order valence-electron chi connectivity index (χ4n) is 2.17. The molecule has 0 radical (unpaired) electrons. The van der Waals surface area contributed by atoms with Crippen molar-refractivity contribution in [3.8, 4) is 0 Å². The smallest absolute Gasteiger partial charge is 0.293 e. The summed E-state index contributed by atoms with van der Waals surface area (Å²) in [5.41, 5.74) is 3.26. The van der Waals surface area contributed by atoms with E-state index in [-0.39, 0.29) is 5.91 Å². The Kier molecular flexibility index (Phi) is 3.02. The van der Waals surface area contributed by atoms with E-state index in [2.05, 4.69) is 28.3 Å². The second-order valence-corrected chi connectivity index (χ2v) is 5.76. The number of hydrogen-bond donors (Lipinski definition) is 1. The van der Waals surface area contributed by atoms with Gasteiger partial charge in [0, 0.05) is 19.4 Å². The van der Waals surface area contributed by atoms with Gasteiger partial charge in [-0.25, -0.2) is 9.97 Å². The van der Waals surface area contributed by atoms with Gasteiger partial charge in [-0.15, -0.1) is 0 Å². The Balaban J connectivity index is 1.94. The summed E-state index contributed by atoms with van der Waals surface area (Å²) in [6, 6.07) is 4.14. The molecule has 0 aliphatic carbocycles. The van der Waals surface area contributed by atoms with E-state index in [0.29, 0.717) is 11.0 Å². The third kappa shape index (κ3) is 2.18. The highest BCUT2D eigenvalue weighted by atomic mass is 32.1. The molecule has 2 heterocycles. The average Bonchev–Trinajstić information content (AvgIpc) is 2.95. The lowest BCUT2D eigenvalue weighted by Gasteiger charge is -2.00. The van der Waals surface area contributed by atoms with Gasteiger partial charge in [-0.05, 0) is 31.0 Å². The Morgan fingerprint density at radius 2 is 2.15 bits per heavy atom. The van der Waals surface area contributed by atoms with Gasteiger partial charge >= 0.3 is 0 Å². The standard InChI is InChI=1S/C14H14N4OS/c1-8-6-9(2)11-10(7-8)16-14(20-11)17-13(19)12-15-4-5-18(12)3/h4-7H,1-3H3,(H,16,17,19). The van der Waals surface area contributed by atoms with E-state index < -0.39 is 0 Å². The molecule has 1 amide bonds. The van der Waals surface area contributed by atoms with Gasteiger partial charge in [0.1, 0.15) is 0 Å². The second-order valence-electron chi connectivity index (χ2n) is 4.76. The van der Waals surface area contributed by atoms with E-state index in [1.165, 1.54) is 22.5 Å². The van der Waals surface area contributed by atoms with Crippen LogP contribution in [0.4, 0.5) is 5.13 Å². The molecule has 0 saturated heterocycles. The second kappa shape index (κ2) is 4.72. The van der Waals surface area contributed by atoms with Gasteiger partial charge in [0.05, 0.1) is 10.2 Å². The zero-order chi connectivity index (χ0) is 14.3. The minimum atomic E-state index is -0.245. The number of nitrogens with zero attached hydrogens (tertiary/aromatic N) is 3. The molecule has 2 aromatic heterocycles. The number of aromatic nitrogens is 3. The third-order valence-electron chi connectivity index (χ3n) is 3.06. The van der Waals surface area contributed by atoms with Crippen molar-refractivity contribution in [1.82, 2.24) is 14.5 Å². The monoisotopic (exact) mass is 286 g/mol. The van der Waals surface area contributed by atoms with Crippen LogP contribution in [0.1, 0.15) is 21.7 Å². The van der Waals surface area contributed by atoms with Gasteiger partial charge < -0.3 is 4.57 Å². The number of amides is 1. The highest BCUT2D eigenvalue weighted by molar-refractivity contribution is 7.22. The molecular formula is C14H14N4OS. The van der Waals surface area contributed by atoms with Crippen LogP contribution in [0, 0.1) is 13.8 Å². The third-order valence-corrected chi connectivity index (χ3v) is 4.19. The Morgan fingerprint density at radius 1 is 1.35 bits per heavy atom. The number of rotatable bonds is 2. The summed E-state index contributed by atoms with van der Waals surface area (Å²) in [6.45, 7) is 4.09. The van der Waals surface area contributed by atoms with E-state index in [1.54, 1.807) is 24.0 Å². The topological polar surface area (TPSA) is 59.8 Å². The Morgan fingerprint density at radius 3 is 2.85 bits per heavy atom. The lowest BCUT2D eigenvalue weighted by molar-refractivity contribution is 0.101. The molecule has 3 rings (SSSR count). The number of aryl methyl sites for hydroxylation is 3. The summed E-state index contributed by atoms with van der Waals surface area (Å²) in [5, 5.41) is 3.41. The van der Waals surface area contributed by atoms with Crippen LogP contribution in [0.3, 0.4) is 0 Å². The van der Waals surface area contributed by atoms with Gasteiger partial charge in [-0.3, -0.25) is 10.1 Å². The van der Waals surface area contributed by atoms with Crippen LogP contribution in [-0.4, -0.2) is 20.4 Å². The van der Waals surface area contributed by atoms with E-state index in [0.717, 1.165) is 10.2 Å². The molecule has 1 N–H and O–H groups in total. The molecular weight excluding hydrogens is 272 g/mol. The zero-order valence-electron chi connectivity index (χ0n) is 11.5. The summed E-state index contributed by atoms with van der Waals surface area (Å²) in [7, 11) is 1.79. The molecule has 20 heavy (non-hydrogen) atoms. The summed E-state index contributed by atoms with van der Waals surface area (Å²) in [5.74, 6) is 0.128. The molecule has 0 aliphatic heterocycles. The van der Waals surface area contributed by atoms with Crippen molar-refractivity contribution in [2.45, 2.75) is 13.8 Å². The van der Waals surface area contributed by atoms with Crippen LogP contribution < -0.4 is 5.32 Å². The highest BCUT2D eigenvalue weighted by Gasteiger charge is 2.14. The lowest BCUT2D eigenvalue weighted by atomic mass is 10.1. The maximum Gasteiger partial charge on any atom is 0.293 e. The molecule has 3 aromatic rings. The summed E-state index contributed by atoms with van der Waals surface area (Å²) in [4.78, 5) is 20.6. The fraction of sp³-hybridized carbons (Fsp3) is 0.214. The van der Waals surface area contributed by atoms with Gasteiger partial charge in [0.25, 0.3) is 5.91 Å². The van der Waals surface area contributed by atoms with Crippen molar-refractivity contribution in [3.05, 3.63) is 41.5 Å². The number of anilines is 1. The molecule has 0 atom stereocenters. The predicted octanol–water partition coefficient (Wildman–Crippen LogP) is 2.90. The molecule has 0 saturated carbocycles. The van der Waals surface area contributed by atoms with Crippen LogP contribution in [0.25, 0.3) is 10.2 Å². The first-order valence-corrected chi connectivity index (χ1v) is 7.02. The van der Waals surface area contributed by atoms with Gasteiger partial charge in [-0.1, -0.05) is 17.4 Å². The summed E-state index contributed by atoms with van der Waals surface area (Å²) in [6.07, 6.45) is 3.33. The first-order valence-electron chi connectivity index (χ1n) is 6.21. The molecule has 5 nitrogen and oxygen atoms in total. The average molecular weight is 286 g/mol. The van der Waals surface area contributed by atoms with Crippen molar-refractivity contribution in [3.63, 3.8) is 0 Å². The molecule has 1 aromatic carbocycles. The number of imidazole rings is 1. The fourth-order valence-corrected chi connectivity index (χ4v) is 3.08. The SMILES string of the molecule is Cc1cc(C)c2sc(NC(=O)c3nccn3C)nc2c1. The highest BCUT2D eigenvalue weighted by Crippen LogP contribution is 2.29. The molecule has 0 unspecified atom stereocenters. The largest absolute Gasteiger partial charge is 0.330 e. The number of fused-ring (bicyclic) bond motifs is 1. The quantitative estimate of drug-likeness (QED) is 0.788. The number of nitrogens with one attached hydrogen (secondary N) is 1. The van der Waals surface area contributed by atoms with E-state index >= 15 is 0 Å². The number of thiazole rings is 1. The molecule has 0 spiro atoms. The van der Waals surface area contributed by atoms with Crippen LogP contribution in [-0.2, 0) is 7.05 Å². The lowest BCUT2D eigenvalue weighted by Crippen LogP contribution is -2.16. The van der Waals surface area contributed by atoms with Crippen LogP contribution in [0.5, 0.6) is 0 Å². The summed E-state index contributed by atoms with van der Waals surface area (Å²) < 4.78 is 2.78. The molecule has 0 fully saturated rings. The maximum absolute atomic E-state index is 12.1. The van der Waals surface area contributed by atoms with E-state index in [4.69, 9.17) is 0 Å². The molecule has 6 heteroatoms. The minimum Gasteiger partial charge on any atom is -0.330 e. The van der Waals surface area contributed by atoms with Crippen LogP contribution >= 0.6 is 11.3 Å². The Hall–Kier alpha value is -2.21. The van der Waals surface area contributed by atoms with Gasteiger partial charge in [-0.2, -0.15) is 0 Å². The number of hydrogen-bond acceptors (Lipinski definition) is 4. The molecule has 0 aliphatic rings. The van der Waals surface area contributed by atoms with Crippen molar-refractivity contribution in [2.75, 3.05) is 5.32 Å². The number of benzene rings is 1. The first-order chi connectivity index (χ1) is 9.54. The van der Waals surface area contributed by atoms with Crippen molar-refractivity contribution in [2.24, 2.45) is 7.05 Å². The van der Waals surface area contributed by atoms with Gasteiger partial charge in [0.15, 0.2) is 11.0 Å². The van der Waals surface area contributed by atoms with E-state index in [9.17, 15) is 4.79 Å². The molecule has 102 valence electrons. The normalized spacial score (nSPS) is 10.9. The van der Waals surface area contributed by atoms with Gasteiger partial charge in [0.2, 0.25) is 0 Å². The van der Waals surface area contributed by atoms with Crippen LogP contribution in [0.2, 0.25) is 0 Å². The Bertz CT molecular complexity index is 803. The van der Waals surface area contributed by atoms with Crippen molar-refractivity contribution >= 4 is 32.6 Å². The molecule has 0 bridgehead atoms.